The summed E-state index contributed by atoms with van der Waals surface area (Å²) < 4.78 is 33.0. The van der Waals surface area contributed by atoms with Crippen LogP contribution in [-0.2, 0) is 4.74 Å². The number of benzene rings is 1. The average Bonchev–Trinajstić information content (AvgIpc) is 3.02. The summed E-state index contributed by atoms with van der Waals surface area (Å²) in [6.45, 7) is -1.01. The van der Waals surface area contributed by atoms with Crippen molar-refractivity contribution in [1.82, 2.24) is 9.47 Å². The normalized spacial score (nSPS) is 20.9. The van der Waals surface area contributed by atoms with E-state index in [1.54, 1.807) is 0 Å². The molecule has 0 unspecified atom stereocenters. The third-order valence-electron chi connectivity index (χ3n) is 4.47. The highest BCUT2D eigenvalue weighted by molar-refractivity contribution is 5.93. The number of carbonyl (C=O) groups is 1. The molecule has 134 valence electrons. The van der Waals surface area contributed by atoms with Crippen molar-refractivity contribution in [3.63, 3.8) is 0 Å². The number of morpholine rings is 1. The highest BCUT2D eigenvalue weighted by Gasteiger charge is 2.37. The first-order valence-electron chi connectivity index (χ1n) is 8.09. The van der Waals surface area contributed by atoms with Crippen molar-refractivity contribution >= 4 is 5.91 Å². The minimum atomic E-state index is -2.79. The van der Waals surface area contributed by atoms with Crippen molar-refractivity contribution in [2.24, 2.45) is 0 Å². The molecule has 25 heavy (non-hydrogen) atoms. The van der Waals surface area contributed by atoms with Crippen LogP contribution in [0.5, 0.6) is 0 Å². The van der Waals surface area contributed by atoms with E-state index >= 15 is 0 Å². The topological polar surface area (TPSA) is 54.7 Å². The summed E-state index contributed by atoms with van der Waals surface area (Å²) in [4.78, 5) is 14.5. The van der Waals surface area contributed by atoms with Gasteiger partial charge >= 0.3 is 6.55 Å². The fraction of sp³-hybridized carbons (Fsp3) is 0.389. The van der Waals surface area contributed by atoms with Crippen LogP contribution in [0.3, 0.4) is 0 Å². The SMILES string of the molecule is Cc1ccc(C(=O)N2CCO[C@H](CO)[C@H]2c2ccccc2)n1C(F)F. The number of alkyl halides is 2. The lowest BCUT2D eigenvalue weighted by molar-refractivity contribution is -0.0816. The van der Waals surface area contributed by atoms with Gasteiger partial charge in [-0.3, -0.25) is 9.36 Å². The van der Waals surface area contributed by atoms with Gasteiger partial charge in [-0.25, -0.2) is 0 Å². The summed E-state index contributed by atoms with van der Waals surface area (Å²) >= 11 is 0. The highest BCUT2D eigenvalue weighted by atomic mass is 19.3. The molecule has 1 aromatic carbocycles. The van der Waals surface area contributed by atoms with Crippen LogP contribution < -0.4 is 0 Å². The standard InChI is InChI=1S/C18H20F2N2O3/c1-12-7-8-14(22(12)18(19)20)17(24)21-9-10-25-15(11-23)16(21)13-5-3-2-4-6-13/h2-8,15-16,18,23H,9-11H2,1H3/t15-,16-/m1/s1. The molecule has 2 heterocycles. The number of halogens is 2. The predicted octanol–water partition coefficient (Wildman–Crippen LogP) is 2.77. The van der Waals surface area contributed by atoms with E-state index in [4.69, 9.17) is 4.74 Å². The number of hydrogen-bond donors (Lipinski definition) is 1. The fourth-order valence-electron chi connectivity index (χ4n) is 3.29. The van der Waals surface area contributed by atoms with Crippen molar-refractivity contribution in [1.29, 1.82) is 0 Å². The van der Waals surface area contributed by atoms with Gasteiger partial charge in [0.05, 0.1) is 19.3 Å². The molecule has 1 aliphatic heterocycles. The molecule has 2 atom stereocenters. The molecule has 0 saturated carbocycles. The monoisotopic (exact) mass is 350 g/mol. The Bertz CT molecular complexity index is 733. The summed E-state index contributed by atoms with van der Waals surface area (Å²) in [5.41, 5.74) is 1.05. The Hall–Kier alpha value is -2.25. The Morgan fingerprint density at radius 1 is 1.28 bits per heavy atom. The molecule has 1 aromatic heterocycles. The average molecular weight is 350 g/mol. The zero-order valence-corrected chi connectivity index (χ0v) is 13.8. The summed E-state index contributed by atoms with van der Waals surface area (Å²) in [6, 6.07) is 11.5. The van der Waals surface area contributed by atoms with Gasteiger partial charge in [0, 0.05) is 12.2 Å². The molecule has 0 spiro atoms. The minimum absolute atomic E-state index is 0.0629. The van der Waals surface area contributed by atoms with Crippen LogP contribution in [0.25, 0.3) is 0 Å². The van der Waals surface area contributed by atoms with E-state index in [1.165, 1.54) is 24.0 Å². The van der Waals surface area contributed by atoms with Crippen LogP contribution in [0.4, 0.5) is 8.78 Å². The van der Waals surface area contributed by atoms with Gasteiger partial charge in [-0.15, -0.1) is 0 Å². The van der Waals surface area contributed by atoms with Crippen molar-refractivity contribution in [3.05, 3.63) is 59.4 Å². The molecule has 5 nitrogen and oxygen atoms in total. The Kier molecular flexibility index (Phi) is 5.15. The van der Waals surface area contributed by atoms with Crippen LogP contribution in [0.1, 0.15) is 34.3 Å². The number of nitrogens with zero attached hydrogens (tertiary/aromatic N) is 2. The number of hydrogen-bond acceptors (Lipinski definition) is 3. The predicted molar refractivity (Wildman–Crippen MR) is 87.5 cm³/mol. The van der Waals surface area contributed by atoms with Crippen LogP contribution in [0.2, 0.25) is 0 Å². The van der Waals surface area contributed by atoms with Crippen molar-refractivity contribution in [2.75, 3.05) is 19.8 Å². The van der Waals surface area contributed by atoms with Gasteiger partial charge in [0.15, 0.2) is 0 Å². The van der Waals surface area contributed by atoms with Gasteiger partial charge in [0.25, 0.3) is 5.91 Å². The van der Waals surface area contributed by atoms with Gasteiger partial charge in [0.1, 0.15) is 11.8 Å². The number of carbonyl (C=O) groups excluding carboxylic acids is 1. The van der Waals surface area contributed by atoms with Crippen LogP contribution >= 0.6 is 0 Å². The lowest BCUT2D eigenvalue weighted by atomic mass is 9.98. The van der Waals surface area contributed by atoms with Gasteiger partial charge in [-0.2, -0.15) is 8.78 Å². The number of aromatic nitrogens is 1. The Labute approximate surface area is 144 Å². The van der Waals surface area contributed by atoms with Crippen LogP contribution in [0, 0.1) is 6.92 Å². The van der Waals surface area contributed by atoms with E-state index in [1.807, 2.05) is 30.3 Å². The first-order valence-corrected chi connectivity index (χ1v) is 8.09. The van der Waals surface area contributed by atoms with Crippen molar-refractivity contribution in [3.8, 4) is 0 Å². The molecular weight excluding hydrogens is 330 g/mol. The first kappa shape index (κ1) is 17.6. The summed E-state index contributed by atoms with van der Waals surface area (Å²) in [5, 5.41) is 9.65. The quantitative estimate of drug-likeness (QED) is 0.923. The second kappa shape index (κ2) is 7.33. The molecule has 2 aromatic rings. The molecule has 1 saturated heterocycles. The third-order valence-corrected chi connectivity index (χ3v) is 4.47. The van der Waals surface area contributed by atoms with E-state index in [2.05, 4.69) is 0 Å². The Morgan fingerprint density at radius 2 is 2.00 bits per heavy atom. The van der Waals surface area contributed by atoms with Crippen LogP contribution in [0.15, 0.2) is 42.5 Å². The first-order chi connectivity index (χ1) is 12.0. The number of aliphatic hydroxyl groups excluding tert-OH is 1. The van der Waals surface area contributed by atoms with Gasteiger partial charge in [-0.1, -0.05) is 30.3 Å². The van der Waals surface area contributed by atoms with Crippen molar-refractivity contribution < 1.29 is 23.4 Å². The highest BCUT2D eigenvalue weighted by Crippen LogP contribution is 2.32. The molecule has 0 bridgehead atoms. The van der Waals surface area contributed by atoms with E-state index < -0.39 is 24.6 Å². The molecule has 1 aliphatic rings. The third kappa shape index (κ3) is 3.29. The number of aliphatic hydroxyl groups is 1. The Morgan fingerprint density at radius 3 is 2.64 bits per heavy atom. The van der Waals surface area contributed by atoms with E-state index in [0.717, 1.165) is 10.1 Å². The summed E-state index contributed by atoms with van der Waals surface area (Å²) in [6.07, 6.45) is -0.601. The van der Waals surface area contributed by atoms with Gasteiger partial charge < -0.3 is 14.7 Å². The second-order valence-corrected chi connectivity index (χ2v) is 5.95. The molecule has 0 aliphatic carbocycles. The van der Waals surface area contributed by atoms with E-state index in [9.17, 15) is 18.7 Å². The second-order valence-electron chi connectivity index (χ2n) is 5.95. The molecule has 1 fully saturated rings. The molecule has 1 amide bonds. The maximum absolute atomic E-state index is 13.3. The maximum atomic E-state index is 13.3. The Balaban J connectivity index is 2.00. The zero-order valence-electron chi connectivity index (χ0n) is 13.8. The van der Waals surface area contributed by atoms with E-state index in [0.29, 0.717) is 5.69 Å². The fourth-order valence-corrected chi connectivity index (χ4v) is 3.29. The van der Waals surface area contributed by atoms with Gasteiger partial charge in [-0.05, 0) is 24.6 Å². The number of aryl methyl sites for hydroxylation is 1. The molecule has 1 N–H and O–H groups in total. The number of ether oxygens (including phenoxy) is 1. The van der Waals surface area contributed by atoms with Gasteiger partial charge in [0.2, 0.25) is 0 Å². The minimum Gasteiger partial charge on any atom is -0.394 e. The lowest BCUT2D eigenvalue weighted by Gasteiger charge is -2.41. The molecule has 3 rings (SSSR count). The summed E-state index contributed by atoms with van der Waals surface area (Å²) in [5.74, 6) is -0.496. The molecule has 0 radical (unpaired) electrons. The van der Waals surface area contributed by atoms with Crippen molar-refractivity contribution in [2.45, 2.75) is 25.6 Å². The molecule has 7 heteroatoms. The van der Waals surface area contributed by atoms with E-state index in [-0.39, 0.29) is 25.5 Å². The largest absolute Gasteiger partial charge is 0.394 e. The molecular formula is C18H20F2N2O3. The zero-order chi connectivity index (χ0) is 18.0. The summed E-state index contributed by atoms with van der Waals surface area (Å²) in [7, 11) is 0. The number of rotatable bonds is 4. The van der Waals surface area contributed by atoms with Crippen LogP contribution in [-0.4, -0.2) is 46.3 Å². The number of amides is 1. The maximum Gasteiger partial charge on any atom is 0.319 e. The lowest BCUT2D eigenvalue weighted by Crippen LogP contribution is -2.49. The smallest absolute Gasteiger partial charge is 0.319 e.